The highest BCUT2D eigenvalue weighted by molar-refractivity contribution is 5.75. The maximum atomic E-state index is 11.9. The zero-order chi connectivity index (χ0) is 16.2. The molecule has 1 atom stereocenters. The third kappa shape index (κ3) is 3.53. The third-order valence-electron chi connectivity index (χ3n) is 4.64. The molecule has 22 heavy (non-hydrogen) atoms. The predicted molar refractivity (Wildman–Crippen MR) is 86.2 cm³/mol. The van der Waals surface area contributed by atoms with E-state index in [1.165, 1.54) is 5.56 Å². The molecule has 0 radical (unpaired) electrons. The van der Waals surface area contributed by atoms with Gasteiger partial charge in [0.15, 0.2) is 0 Å². The van der Waals surface area contributed by atoms with Crippen LogP contribution in [0.25, 0.3) is 0 Å². The maximum absolute atomic E-state index is 11.9. The van der Waals surface area contributed by atoms with Crippen molar-refractivity contribution in [3.05, 3.63) is 29.8 Å². The van der Waals surface area contributed by atoms with E-state index in [-0.39, 0.29) is 17.6 Å². The van der Waals surface area contributed by atoms with Crippen molar-refractivity contribution in [2.24, 2.45) is 0 Å². The first-order valence-corrected chi connectivity index (χ1v) is 7.84. The molecule has 5 heteroatoms. The van der Waals surface area contributed by atoms with Crippen LogP contribution in [-0.2, 0) is 5.41 Å². The number of aliphatic hydroxyl groups is 1. The molecule has 0 saturated carbocycles. The zero-order valence-corrected chi connectivity index (χ0v) is 13.6. The van der Waals surface area contributed by atoms with Crippen molar-refractivity contribution >= 4 is 6.03 Å². The minimum absolute atomic E-state index is 0.0473. The number of nitrogens with zero attached hydrogens (tertiary/aromatic N) is 1. The summed E-state index contributed by atoms with van der Waals surface area (Å²) in [5.41, 5.74) is 1.13. The molecule has 0 unspecified atom stereocenters. The predicted octanol–water partition coefficient (Wildman–Crippen LogP) is 2.14. The third-order valence-corrected chi connectivity index (χ3v) is 4.64. The number of amides is 2. The van der Waals surface area contributed by atoms with Gasteiger partial charge in [-0.25, -0.2) is 4.79 Å². The van der Waals surface area contributed by atoms with Gasteiger partial charge in [0.05, 0.1) is 26.3 Å². The van der Waals surface area contributed by atoms with Crippen molar-refractivity contribution in [2.45, 2.75) is 38.2 Å². The highest BCUT2D eigenvalue weighted by Crippen LogP contribution is 2.36. The van der Waals surface area contributed by atoms with Gasteiger partial charge in [-0.2, -0.15) is 0 Å². The fraction of sp³-hybridized carbons (Fsp3) is 0.588. The summed E-state index contributed by atoms with van der Waals surface area (Å²) < 4.78 is 5.47. The second-order valence-electron chi connectivity index (χ2n) is 6.16. The second-order valence-corrected chi connectivity index (χ2v) is 6.16. The molecule has 5 nitrogen and oxygen atoms in total. The van der Waals surface area contributed by atoms with E-state index in [0.29, 0.717) is 19.6 Å². The van der Waals surface area contributed by atoms with Crippen LogP contribution in [0.2, 0.25) is 0 Å². The molecule has 1 heterocycles. The number of β-amino-alcohol motifs (C(OH)–C–C–N with tert-alkyl or cyclic N) is 1. The van der Waals surface area contributed by atoms with E-state index in [0.717, 1.165) is 18.6 Å². The Labute approximate surface area is 132 Å². The highest BCUT2D eigenvalue weighted by atomic mass is 16.5. The molecule has 1 fully saturated rings. The first-order valence-electron chi connectivity index (χ1n) is 7.84. The van der Waals surface area contributed by atoms with Gasteiger partial charge in [-0.15, -0.1) is 0 Å². The number of hydrogen-bond donors (Lipinski definition) is 2. The van der Waals surface area contributed by atoms with E-state index in [4.69, 9.17) is 4.74 Å². The van der Waals surface area contributed by atoms with Crippen LogP contribution in [0, 0.1) is 0 Å². The first-order chi connectivity index (χ1) is 10.5. The molecule has 122 valence electrons. The van der Waals surface area contributed by atoms with Crippen molar-refractivity contribution in [2.75, 3.05) is 26.7 Å². The zero-order valence-electron chi connectivity index (χ0n) is 13.6. The van der Waals surface area contributed by atoms with E-state index in [1.807, 2.05) is 18.2 Å². The topological polar surface area (TPSA) is 61.8 Å². The molecule has 0 bridgehead atoms. The lowest BCUT2D eigenvalue weighted by molar-refractivity contribution is 0.0265. The fourth-order valence-corrected chi connectivity index (χ4v) is 2.82. The molecule has 2 amide bonds. The van der Waals surface area contributed by atoms with Crippen LogP contribution in [0.15, 0.2) is 24.3 Å². The van der Waals surface area contributed by atoms with Crippen LogP contribution in [0.4, 0.5) is 4.79 Å². The van der Waals surface area contributed by atoms with Gasteiger partial charge in [-0.05, 0) is 24.3 Å². The number of urea groups is 1. The summed E-state index contributed by atoms with van der Waals surface area (Å²) in [7, 11) is 1.69. The standard InChI is InChI=1S/C17H26N2O3/c1-4-17(2,14-7-5-6-8-15(14)22-3)9-10-18-16(21)19-11-13(20)12-19/h5-8,13,20H,4,9-12H2,1-3H3,(H,18,21)/t17-/m1/s1. The molecule has 1 aliphatic rings. The normalized spacial score (nSPS) is 17.5. The van der Waals surface area contributed by atoms with Gasteiger partial charge in [0.25, 0.3) is 0 Å². The van der Waals surface area contributed by atoms with Crippen molar-refractivity contribution in [3.63, 3.8) is 0 Å². The van der Waals surface area contributed by atoms with Crippen LogP contribution < -0.4 is 10.1 Å². The van der Waals surface area contributed by atoms with E-state index in [9.17, 15) is 9.90 Å². The Morgan fingerprint density at radius 1 is 1.45 bits per heavy atom. The number of carbonyl (C=O) groups is 1. The van der Waals surface area contributed by atoms with Gasteiger partial charge in [0.2, 0.25) is 0 Å². The lowest BCUT2D eigenvalue weighted by atomic mass is 9.77. The summed E-state index contributed by atoms with van der Waals surface area (Å²) in [5.74, 6) is 0.893. The Kier molecular flexibility index (Phi) is 5.29. The van der Waals surface area contributed by atoms with Gasteiger partial charge in [0.1, 0.15) is 5.75 Å². The fourth-order valence-electron chi connectivity index (χ4n) is 2.82. The molecule has 1 aromatic carbocycles. The summed E-state index contributed by atoms with van der Waals surface area (Å²) in [5, 5.41) is 12.2. The van der Waals surface area contributed by atoms with Gasteiger partial charge in [0, 0.05) is 12.1 Å². The minimum Gasteiger partial charge on any atom is -0.496 e. The van der Waals surface area contributed by atoms with E-state index >= 15 is 0 Å². The number of para-hydroxylation sites is 1. The van der Waals surface area contributed by atoms with Gasteiger partial charge in [-0.3, -0.25) is 0 Å². The average Bonchev–Trinajstić information content (AvgIpc) is 2.51. The van der Waals surface area contributed by atoms with Gasteiger partial charge < -0.3 is 20.1 Å². The van der Waals surface area contributed by atoms with Gasteiger partial charge >= 0.3 is 6.03 Å². The number of benzene rings is 1. The largest absolute Gasteiger partial charge is 0.496 e. The lowest BCUT2D eigenvalue weighted by Gasteiger charge is -2.36. The van der Waals surface area contributed by atoms with E-state index in [2.05, 4.69) is 25.2 Å². The molecule has 2 N–H and O–H groups in total. The second kappa shape index (κ2) is 7.01. The summed E-state index contributed by atoms with van der Waals surface area (Å²) in [4.78, 5) is 13.5. The van der Waals surface area contributed by atoms with Crippen LogP contribution >= 0.6 is 0 Å². The number of nitrogens with one attached hydrogen (secondary N) is 1. The van der Waals surface area contributed by atoms with E-state index < -0.39 is 0 Å². The number of carbonyl (C=O) groups excluding carboxylic acids is 1. The monoisotopic (exact) mass is 306 g/mol. The SMILES string of the molecule is CC[C@](C)(CCNC(=O)N1CC(O)C1)c1ccccc1OC. The Hall–Kier alpha value is -1.75. The molecule has 1 aromatic rings. The van der Waals surface area contributed by atoms with Crippen LogP contribution in [-0.4, -0.2) is 48.9 Å². The molecule has 0 aromatic heterocycles. The number of aliphatic hydroxyl groups excluding tert-OH is 1. The summed E-state index contributed by atoms with van der Waals surface area (Å²) in [6, 6.07) is 7.96. The van der Waals surface area contributed by atoms with Crippen LogP contribution in [0.1, 0.15) is 32.3 Å². The number of ether oxygens (including phenoxy) is 1. The molecule has 1 aliphatic heterocycles. The lowest BCUT2D eigenvalue weighted by Crippen LogP contribution is -2.56. The smallest absolute Gasteiger partial charge is 0.317 e. The van der Waals surface area contributed by atoms with Crippen molar-refractivity contribution in [1.29, 1.82) is 0 Å². The molecule has 0 aliphatic carbocycles. The molecular formula is C17H26N2O3. The summed E-state index contributed by atoms with van der Waals surface area (Å²) in [6.07, 6.45) is 1.44. The first kappa shape index (κ1) is 16.6. The van der Waals surface area contributed by atoms with Crippen LogP contribution in [0.5, 0.6) is 5.75 Å². The Balaban J connectivity index is 1.94. The maximum Gasteiger partial charge on any atom is 0.317 e. The molecule has 2 rings (SSSR count). The van der Waals surface area contributed by atoms with E-state index in [1.54, 1.807) is 12.0 Å². The molecular weight excluding hydrogens is 280 g/mol. The Morgan fingerprint density at radius 3 is 2.73 bits per heavy atom. The van der Waals surface area contributed by atoms with Crippen LogP contribution in [0.3, 0.4) is 0 Å². The van der Waals surface area contributed by atoms with Crippen molar-refractivity contribution < 1.29 is 14.6 Å². The highest BCUT2D eigenvalue weighted by Gasteiger charge is 2.30. The molecule has 1 saturated heterocycles. The van der Waals surface area contributed by atoms with Crippen molar-refractivity contribution in [1.82, 2.24) is 10.2 Å². The quantitative estimate of drug-likeness (QED) is 0.846. The molecule has 0 spiro atoms. The Morgan fingerprint density at radius 2 is 2.14 bits per heavy atom. The summed E-state index contributed by atoms with van der Waals surface area (Å²) in [6.45, 7) is 5.82. The number of rotatable bonds is 6. The summed E-state index contributed by atoms with van der Waals surface area (Å²) >= 11 is 0. The average molecular weight is 306 g/mol. The number of hydrogen-bond acceptors (Lipinski definition) is 3. The minimum atomic E-state index is -0.361. The van der Waals surface area contributed by atoms with Gasteiger partial charge in [-0.1, -0.05) is 32.0 Å². The Bertz CT molecular complexity index is 514. The van der Waals surface area contributed by atoms with Crippen molar-refractivity contribution in [3.8, 4) is 5.75 Å². The number of methoxy groups -OCH3 is 1. The number of likely N-dealkylation sites (tertiary alicyclic amines) is 1.